The SMILES string of the molecule is Cc1ccc(C(=O)NCC(=O)Nc2nc3ccc(C)cc3s2)cc1. The summed E-state index contributed by atoms with van der Waals surface area (Å²) in [5.41, 5.74) is 3.61. The molecule has 2 N–H and O–H groups in total. The number of hydrogen-bond donors (Lipinski definition) is 2. The second kappa shape index (κ2) is 6.80. The fourth-order valence-electron chi connectivity index (χ4n) is 2.22. The van der Waals surface area contributed by atoms with Crippen LogP contribution in [0.5, 0.6) is 0 Å². The number of thiazole rings is 1. The predicted molar refractivity (Wildman–Crippen MR) is 96.5 cm³/mol. The number of aryl methyl sites for hydroxylation is 2. The Bertz CT molecular complexity index is 900. The van der Waals surface area contributed by atoms with Crippen LogP contribution in [-0.4, -0.2) is 23.3 Å². The number of nitrogens with one attached hydrogen (secondary N) is 2. The van der Waals surface area contributed by atoms with Gasteiger partial charge in [0.15, 0.2) is 5.13 Å². The highest BCUT2D eigenvalue weighted by molar-refractivity contribution is 7.22. The summed E-state index contributed by atoms with van der Waals surface area (Å²) >= 11 is 1.42. The first-order chi connectivity index (χ1) is 11.5. The van der Waals surface area contributed by atoms with Gasteiger partial charge in [-0.2, -0.15) is 0 Å². The van der Waals surface area contributed by atoms with Gasteiger partial charge in [0.25, 0.3) is 5.91 Å². The molecule has 2 amide bonds. The van der Waals surface area contributed by atoms with Gasteiger partial charge in [0.1, 0.15) is 0 Å². The normalized spacial score (nSPS) is 10.6. The molecule has 5 nitrogen and oxygen atoms in total. The van der Waals surface area contributed by atoms with E-state index in [0.29, 0.717) is 10.7 Å². The third kappa shape index (κ3) is 3.78. The molecular formula is C18H17N3O2S. The summed E-state index contributed by atoms with van der Waals surface area (Å²) in [6.07, 6.45) is 0. The van der Waals surface area contributed by atoms with E-state index in [0.717, 1.165) is 21.3 Å². The Morgan fingerprint density at radius 2 is 1.75 bits per heavy atom. The highest BCUT2D eigenvalue weighted by Gasteiger charge is 2.10. The van der Waals surface area contributed by atoms with Crippen molar-refractivity contribution in [2.24, 2.45) is 0 Å². The molecule has 0 spiro atoms. The van der Waals surface area contributed by atoms with Gasteiger partial charge in [0.2, 0.25) is 5.91 Å². The van der Waals surface area contributed by atoms with Crippen molar-refractivity contribution in [3.63, 3.8) is 0 Å². The van der Waals surface area contributed by atoms with Crippen LogP contribution < -0.4 is 10.6 Å². The fourth-order valence-corrected chi connectivity index (χ4v) is 3.20. The van der Waals surface area contributed by atoms with Gasteiger partial charge < -0.3 is 10.6 Å². The Balaban J connectivity index is 1.58. The molecule has 6 heteroatoms. The molecule has 0 saturated heterocycles. The number of hydrogen-bond acceptors (Lipinski definition) is 4. The molecule has 1 aromatic heterocycles. The Kier molecular flexibility index (Phi) is 4.57. The number of benzene rings is 2. The van der Waals surface area contributed by atoms with Crippen LogP contribution in [0, 0.1) is 13.8 Å². The highest BCUT2D eigenvalue weighted by atomic mass is 32.1. The molecule has 1 heterocycles. The molecule has 0 fully saturated rings. The Labute approximate surface area is 143 Å². The topological polar surface area (TPSA) is 71.1 Å². The van der Waals surface area contributed by atoms with E-state index in [1.54, 1.807) is 12.1 Å². The van der Waals surface area contributed by atoms with Crippen molar-refractivity contribution in [1.29, 1.82) is 0 Å². The van der Waals surface area contributed by atoms with Gasteiger partial charge in [-0.3, -0.25) is 9.59 Å². The lowest BCUT2D eigenvalue weighted by Gasteiger charge is -2.05. The second-order valence-electron chi connectivity index (χ2n) is 5.59. The minimum atomic E-state index is -0.300. The largest absolute Gasteiger partial charge is 0.343 e. The Hall–Kier alpha value is -2.73. The fraction of sp³-hybridized carbons (Fsp3) is 0.167. The van der Waals surface area contributed by atoms with E-state index in [9.17, 15) is 9.59 Å². The van der Waals surface area contributed by atoms with Crippen molar-refractivity contribution < 1.29 is 9.59 Å². The molecule has 0 aliphatic heterocycles. The zero-order chi connectivity index (χ0) is 17.1. The lowest BCUT2D eigenvalue weighted by atomic mass is 10.1. The number of aromatic nitrogens is 1. The van der Waals surface area contributed by atoms with Gasteiger partial charge in [-0.25, -0.2) is 4.98 Å². The van der Waals surface area contributed by atoms with E-state index in [-0.39, 0.29) is 18.4 Å². The van der Waals surface area contributed by atoms with E-state index in [2.05, 4.69) is 15.6 Å². The highest BCUT2D eigenvalue weighted by Crippen LogP contribution is 2.26. The molecule has 122 valence electrons. The second-order valence-corrected chi connectivity index (χ2v) is 6.62. The van der Waals surface area contributed by atoms with Crippen molar-refractivity contribution in [1.82, 2.24) is 10.3 Å². The van der Waals surface area contributed by atoms with Crippen molar-refractivity contribution in [3.8, 4) is 0 Å². The summed E-state index contributed by atoms with van der Waals surface area (Å²) < 4.78 is 1.02. The first kappa shape index (κ1) is 16.1. The predicted octanol–water partition coefficient (Wildman–Crippen LogP) is 3.28. The molecule has 3 rings (SSSR count). The zero-order valence-corrected chi connectivity index (χ0v) is 14.2. The maximum atomic E-state index is 12.0. The van der Waals surface area contributed by atoms with E-state index in [4.69, 9.17) is 0 Å². The van der Waals surface area contributed by atoms with Gasteiger partial charge in [0, 0.05) is 5.56 Å². The minimum Gasteiger partial charge on any atom is -0.343 e. The first-order valence-electron chi connectivity index (χ1n) is 7.53. The lowest BCUT2D eigenvalue weighted by Crippen LogP contribution is -2.32. The summed E-state index contributed by atoms with van der Waals surface area (Å²) in [6, 6.07) is 13.1. The average molecular weight is 339 g/mol. The maximum absolute atomic E-state index is 12.0. The molecule has 0 aliphatic rings. The summed E-state index contributed by atoms with van der Waals surface area (Å²) in [5, 5.41) is 5.86. The molecular weight excluding hydrogens is 322 g/mol. The van der Waals surface area contributed by atoms with E-state index in [1.807, 2.05) is 44.2 Å². The monoisotopic (exact) mass is 339 g/mol. The molecule has 2 aromatic carbocycles. The number of carbonyl (C=O) groups excluding carboxylic acids is 2. The first-order valence-corrected chi connectivity index (χ1v) is 8.35. The van der Waals surface area contributed by atoms with E-state index < -0.39 is 0 Å². The van der Waals surface area contributed by atoms with Crippen LogP contribution in [0.15, 0.2) is 42.5 Å². The summed E-state index contributed by atoms with van der Waals surface area (Å²) in [5.74, 6) is -0.573. The quantitative estimate of drug-likeness (QED) is 0.766. The van der Waals surface area contributed by atoms with E-state index >= 15 is 0 Å². The van der Waals surface area contributed by atoms with Crippen LogP contribution in [0.3, 0.4) is 0 Å². The van der Waals surface area contributed by atoms with Gasteiger partial charge in [-0.15, -0.1) is 0 Å². The molecule has 24 heavy (non-hydrogen) atoms. The van der Waals surface area contributed by atoms with Gasteiger partial charge >= 0.3 is 0 Å². The van der Waals surface area contributed by atoms with Crippen LogP contribution in [0.25, 0.3) is 10.2 Å². The van der Waals surface area contributed by atoms with Crippen molar-refractivity contribution in [2.45, 2.75) is 13.8 Å². The summed E-state index contributed by atoms with van der Waals surface area (Å²) in [4.78, 5) is 28.3. The number of amides is 2. The van der Waals surface area contributed by atoms with Gasteiger partial charge in [-0.05, 0) is 43.7 Å². The lowest BCUT2D eigenvalue weighted by molar-refractivity contribution is -0.115. The number of fused-ring (bicyclic) bond motifs is 1. The van der Waals surface area contributed by atoms with Crippen molar-refractivity contribution >= 4 is 38.5 Å². The Morgan fingerprint density at radius 3 is 2.50 bits per heavy atom. The molecule has 0 unspecified atom stereocenters. The smallest absolute Gasteiger partial charge is 0.251 e. The Morgan fingerprint density at radius 1 is 1.04 bits per heavy atom. The average Bonchev–Trinajstić information content (AvgIpc) is 2.94. The molecule has 3 aromatic rings. The van der Waals surface area contributed by atoms with Gasteiger partial charge in [0.05, 0.1) is 16.8 Å². The number of nitrogens with zero attached hydrogens (tertiary/aromatic N) is 1. The number of anilines is 1. The molecule has 0 bridgehead atoms. The molecule has 0 saturated carbocycles. The van der Waals surface area contributed by atoms with Crippen molar-refractivity contribution in [2.75, 3.05) is 11.9 Å². The number of carbonyl (C=O) groups is 2. The van der Waals surface area contributed by atoms with Crippen LogP contribution in [0.4, 0.5) is 5.13 Å². The molecule has 0 atom stereocenters. The third-order valence-corrected chi connectivity index (χ3v) is 4.45. The van der Waals surface area contributed by atoms with Crippen LogP contribution >= 0.6 is 11.3 Å². The minimum absolute atomic E-state index is 0.0956. The zero-order valence-electron chi connectivity index (χ0n) is 13.4. The molecule has 0 radical (unpaired) electrons. The van der Waals surface area contributed by atoms with Gasteiger partial charge in [-0.1, -0.05) is 35.1 Å². The van der Waals surface area contributed by atoms with Crippen LogP contribution in [0.2, 0.25) is 0 Å². The number of rotatable bonds is 4. The van der Waals surface area contributed by atoms with Crippen LogP contribution in [0.1, 0.15) is 21.5 Å². The van der Waals surface area contributed by atoms with Crippen LogP contribution in [-0.2, 0) is 4.79 Å². The third-order valence-electron chi connectivity index (χ3n) is 3.51. The maximum Gasteiger partial charge on any atom is 0.251 e. The summed E-state index contributed by atoms with van der Waals surface area (Å²) in [6.45, 7) is 3.87. The molecule has 0 aliphatic carbocycles. The van der Waals surface area contributed by atoms with Crippen molar-refractivity contribution in [3.05, 3.63) is 59.2 Å². The van der Waals surface area contributed by atoms with E-state index in [1.165, 1.54) is 11.3 Å². The summed E-state index contributed by atoms with van der Waals surface area (Å²) in [7, 11) is 0. The standard InChI is InChI=1S/C18H17N3O2S/c1-11-3-6-13(7-4-11)17(23)19-10-16(22)21-18-20-14-8-5-12(2)9-15(14)24-18/h3-9H,10H2,1-2H3,(H,19,23)(H,20,21,22).